The van der Waals surface area contributed by atoms with Crippen LogP contribution in [0.4, 0.5) is 4.39 Å². The van der Waals surface area contributed by atoms with Crippen LogP contribution in [0.1, 0.15) is 42.7 Å². The van der Waals surface area contributed by atoms with E-state index in [2.05, 4.69) is 72.8 Å². The molecule has 0 aliphatic heterocycles. The topological polar surface area (TPSA) is 8.17 Å². The molecule has 0 fully saturated rings. The highest BCUT2D eigenvalue weighted by molar-refractivity contribution is 5.23. The van der Waals surface area contributed by atoms with E-state index < -0.39 is 0 Å². The molecule has 1 aromatic heterocycles. The Hall–Kier alpha value is -2.39. The Morgan fingerprint density at radius 2 is 1.79 bits per heavy atom. The maximum absolute atomic E-state index is 14.2. The van der Waals surface area contributed by atoms with Crippen molar-refractivity contribution in [1.29, 1.82) is 0 Å². The number of rotatable bonds is 9. The highest BCUT2D eigenvalue weighted by atomic mass is 19.1. The standard InChI is InChI=1S/C25H31FN2/c1-20(2)13-15-27(18-23-10-4-5-12-25(23)26)19-24-11-7-14-28(24)17-22-9-6-8-21(3)16-22/h4-12,14,16,20H,13,15,17-19H2,1-3H3. The minimum absolute atomic E-state index is 0.118. The lowest BCUT2D eigenvalue weighted by molar-refractivity contribution is 0.232. The van der Waals surface area contributed by atoms with Gasteiger partial charge >= 0.3 is 0 Å². The van der Waals surface area contributed by atoms with Crippen molar-refractivity contribution in [2.45, 2.75) is 46.8 Å². The lowest BCUT2D eigenvalue weighted by atomic mass is 10.1. The predicted molar refractivity (Wildman–Crippen MR) is 115 cm³/mol. The SMILES string of the molecule is Cc1cccc(Cn2cccc2CN(CCC(C)C)Cc2ccccc2F)c1. The summed E-state index contributed by atoms with van der Waals surface area (Å²) in [6.45, 7) is 9.88. The summed E-state index contributed by atoms with van der Waals surface area (Å²) in [5.41, 5.74) is 4.62. The van der Waals surface area contributed by atoms with Crippen LogP contribution in [0.2, 0.25) is 0 Å². The molecule has 28 heavy (non-hydrogen) atoms. The highest BCUT2D eigenvalue weighted by Crippen LogP contribution is 2.17. The number of halogens is 1. The fourth-order valence-electron chi connectivity index (χ4n) is 3.51. The van der Waals surface area contributed by atoms with E-state index in [0.717, 1.165) is 31.6 Å². The largest absolute Gasteiger partial charge is 0.346 e. The van der Waals surface area contributed by atoms with Crippen molar-refractivity contribution in [2.75, 3.05) is 6.54 Å². The van der Waals surface area contributed by atoms with Gasteiger partial charge in [-0.2, -0.15) is 0 Å². The number of nitrogens with zero attached hydrogens (tertiary/aromatic N) is 2. The van der Waals surface area contributed by atoms with Crippen molar-refractivity contribution in [2.24, 2.45) is 5.92 Å². The summed E-state index contributed by atoms with van der Waals surface area (Å²) in [5.74, 6) is 0.509. The first-order valence-corrected chi connectivity index (χ1v) is 10.2. The van der Waals surface area contributed by atoms with Gasteiger partial charge in [0.2, 0.25) is 0 Å². The zero-order valence-electron chi connectivity index (χ0n) is 17.2. The number of aromatic nitrogens is 1. The zero-order chi connectivity index (χ0) is 19.9. The molecule has 0 saturated carbocycles. The van der Waals surface area contributed by atoms with Crippen LogP contribution >= 0.6 is 0 Å². The molecule has 3 rings (SSSR count). The van der Waals surface area contributed by atoms with Gasteiger partial charge in [0.15, 0.2) is 0 Å². The summed E-state index contributed by atoms with van der Waals surface area (Å²) in [5, 5.41) is 0. The molecule has 0 saturated heterocycles. The number of hydrogen-bond donors (Lipinski definition) is 0. The second-order valence-corrected chi connectivity index (χ2v) is 8.10. The van der Waals surface area contributed by atoms with Gasteiger partial charge in [0.25, 0.3) is 0 Å². The van der Waals surface area contributed by atoms with Gasteiger partial charge in [0.1, 0.15) is 5.82 Å². The van der Waals surface area contributed by atoms with E-state index in [1.807, 2.05) is 12.1 Å². The Bertz CT molecular complexity index is 882. The van der Waals surface area contributed by atoms with E-state index in [1.165, 1.54) is 16.8 Å². The third-order valence-corrected chi connectivity index (χ3v) is 5.12. The summed E-state index contributed by atoms with van der Waals surface area (Å²) in [6.07, 6.45) is 3.24. The van der Waals surface area contributed by atoms with Crippen LogP contribution in [-0.4, -0.2) is 16.0 Å². The van der Waals surface area contributed by atoms with Crippen LogP contribution in [0.15, 0.2) is 66.9 Å². The van der Waals surface area contributed by atoms with Gasteiger partial charge in [-0.05, 0) is 49.6 Å². The van der Waals surface area contributed by atoms with Gasteiger partial charge in [0, 0.05) is 37.1 Å². The average molecular weight is 379 g/mol. The Labute approximate surface area is 168 Å². The van der Waals surface area contributed by atoms with Crippen molar-refractivity contribution < 1.29 is 4.39 Å². The molecule has 148 valence electrons. The van der Waals surface area contributed by atoms with Gasteiger partial charge < -0.3 is 4.57 Å². The number of aryl methyl sites for hydroxylation is 1. The Morgan fingerprint density at radius 3 is 2.54 bits per heavy atom. The Morgan fingerprint density at radius 1 is 0.964 bits per heavy atom. The summed E-state index contributed by atoms with van der Waals surface area (Å²) in [4.78, 5) is 2.36. The molecule has 0 spiro atoms. The van der Waals surface area contributed by atoms with Crippen LogP contribution in [0.5, 0.6) is 0 Å². The molecular formula is C25H31FN2. The molecular weight excluding hydrogens is 347 g/mol. The maximum atomic E-state index is 14.2. The number of hydrogen-bond acceptors (Lipinski definition) is 1. The molecule has 0 N–H and O–H groups in total. The van der Waals surface area contributed by atoms with Crippen LogP contribution < -0.4 is 0 Å². The lowest BCUT2D eigenvalue weighted by Crippen LogP contribution is -2.26. The summed E-state index contributed by atoms with van der Waals surface area (Å²) >= 11 is 0. The fraction of sp³-hybridized carbons (Fsp3) is 0.360. The minimum atomic E-state index is -0.118. The molecule has 3 heteroatoms. The predicted octanol–water partition coefficient (Wildman–Crippen LogP) is 6.03. The average Bonchev–Trinajstić information content (AvgIpc) is 3.08. The first kappa shape index (κ1) is 20.3. The van der Waals surface area contributed by atoms with Gasteiger partial charge in [0.05, 0.1) is 0 Å². The Kier molecular flexibility index (Phi) is 7.05. The lowest BCUT2D eigenvalue weighted by Gasteiger charge is -2.24. The third kappa shape index (κ3) is 5.80. The van der Waals surface area contributed by atoms with E-state index in [4.69, 9.17) is 0 Å². The second kappa shape index (κ2) is 9.70. The van der Waals surface area contributed by atoms with Gasteiger partial charge in [-0.25, -0.2) is 4.39 Å². The molecule has 2 aromatic carbocycles. The molecule has 0 unspecified atom stereocenters. The van der Waals surface area contributed by atoms with Crippen LogP contribution in [0, 0.1) is 18.7 Å². The summed E-state index contributed by atoms with van der Waals surface area (Å²) in [6, 6.07) is 20.0. The van der Waals surface area contributed by atoms with E-state index >= 15 is 0 Å². The second-order valence-electron chi connectivity index (χ2n) is 8.10. The van der Waals surface area contributed by atoms with Crippen LogP contribution in [0.25, 0.3) is 0 Å². The number of benzene rings is 2. The van der Waals surface area contributed by atoms with Crippen molar-refractivity contribution in [1.82, 2.24) is 9.47 Å². The fourth-order valence-corrected chi connectivity index (χ4v) is 3.51. The first-order valence-electron chi connectivity index (χ1n) is 10.2. The van der Waals surface area contributed by atoms with Crippen molar-refractivity contribution in [3.63, 3.8) is 0 Å². The van der Waals surface area contributed by atoms with E-state index in [-0.39, 0.29) is 5.82 Å². The van der Waals surface area contributed by atoms with E-state index in [9.17, 15) is 4.39 Å². The van der Waals surface area contributed by atoms with Gasteiger partial charge in [-0.15, -0.1) is 0 Å². The first-order chi connectivity index (χ1) is 13.5. The molecule has 2 nitrogen and oxygen atoms in total. The molecule has 0 aliphatic carbocycles. The molecule has 0 atom stereocenters. The minimum Gasteiger partial charge on any atom is -0.346 e. The quantitative estimate of drug-likeness (QED) is 0.441. The third-order valence-electron chi connectivity index (χ3n) is 5.12. The maximum Gasteiger partial charge on any atom is 0.127 e. The van der Waals surface area contributed by atoms with Gasteiger partial charge in [-0.3, -0.25) is 4.90 Å². The van der Waals surface area contributed by atoms with Crippen molar-refractivity contribution in [3.05, 3.63) is 95.1 Å². The van der Waals surface area contributed by atoms with Crippen LogP contribution in [-0.2, 0) is 19.6 Å². The van der Waals surface area contributed by atoms with E-state index in [0.29, 0.717) is 12.5 Å². The highest BCUT2D eigenvalue weighted by Gasteiger charge is 2.13. The monoisotopic (exact) mass is 378 g/mol. The van der Waals surface area contributed by atoms with Crippen molar-refractivity contribution in [3.8, 4) is 0 Å². The molecule has 0 bridgehead atoms. The molecule has 1 heterocycles. The van der Waals surface area contributed by atoms with E-state index in [1.54, 1.807) is 12.1 Å². The van der Waals surface area contributed by atoms with Crippen molar-refractivity contribution >= 4 is 0 Å². The summed E-state index contributed by atoms with van der Waals surface area (Å²) < 4.78 is 16.5. The molecule has 0 amide bonds. The molecule has 0 aliphatic rings. The summed E-state index contributed by atoms with van der Waals surface area (Å²) in [7, 11) is 0. The molecule has 0 radical (unpaired) electrons. The zero-order valence-corrected chi connectivity index (χ0v) is 17.2. The molecule has 3 aromatic rings. The Balaban J connectivity index is 1.75. The van der Waals surface area contributed by atoms with Crippen LogP contribution in [0.3, 0.4) is 0 Å². The van der Waals surface area contributed by atoms with Gasteiger partial charge in [-0.1, -0.05) is 61.9 Å². The smallest absolute Gasteiger partial charge is 0.127 e. The normalized spacial score (nSPS) is 11.5.